The van der Waals surface area contributed by atoms with Crippen LogP contribution in [0.1, 0.15) is 36.5 Å². The minimum Gasteiger partial charge on any atom is -0.385 e. The molecule has 3 N–H and O–H groups in total. The maximum absolute atomic E-state index is 12.6. The molecular formula is C22H31N5O3. The molecule has 0 radical (unpaired) electrons. The first-order chi connectivity index (χ1) is 14.4. The van der Waals surface area contributed by atoms with Crippen LogP contribution < -0.4 is 16.0 Å². The number of urea groups is 1. The van der Waals surface area contributed by atoms with Gasteiger partial charge in [-0.3, -0.25) is 14.8 Å². The summed E-state index contributed by atoms with van der Waals surface area (Å²) < 4.78 is 6.82. The maximum atomic E-state index is 12.6. The summed E-state index contributed by atoms with van der Waals surface area (Å²) in [6.45, 7) is 2.95. The number of nitrogens with zero attached hydrogens (tertiary/aromatic N) is 2. The van der Waals surface area contributed by atoms with E-state index in [4.69, 9.17) is 4.74 Å². The summed E-state index contributed by atoms with van der Waals surface area (Å²) >= 11 is 0. The number of amides is 3. The van der Waals surface area contributed by atoms with Gasteiger partial charge in [-0.05, 0) is 43.2 Å². The van der Waals surface area contributed by atoms with Crippen LogP contribution in [-0.4, -0.2) is 48.5 Å². The number of hydrogen-bond acceptors (Lipinski definition) is 4. The molecule has 1 aliphatic carbocycles. The van der Waals surface area contributed by atoms with E-state index in [0.717, 1.165) is 37.1 Å². The second-order valence-electron chi connectivity index (χ2n) is 8.00. The van der Waals surface area contributed by atoms with Crippen LogP contribution in [-0.2, 0) is 11.8 Å². The Morgan fingerprint density at radius 3 is 2.63 bits per heavy atom. The Hall–Kier alpha value is -2.87. The first kappa shape index (κ1) is 21.8. The third-order valence-electron chi connectivity index (χ3n) is 5.82. The molecule has 30 heavy (non-hydrogen) atoms. The number of aromatic nitrogens is 2. The van der Waals surface area contributed by atoms with Crippen molar-refractivity contribution >= 4 is 17.8 Å². The smallest absolute Gasteiger partial charge is 0.320 e. The van der Waals surface area contributed by atoms with Crippen LogP contribution in [0.25, 0.3) is 11.3 Å². The van der Waals surface area contributed by atoms with Crippen LogP contribution in [0.15, 0.2) is 30.3 Å². The molecule has 3 rings (SSSR count). The quantitative estimate of drug-likeness (QED) is 0.650. The average molecular weight is 414 g/mol. The molecule has 0 spiro atoms. The molecule has 2 aromatic rings. The van der Waals surface area contributed by atoms with E-state index in [2.05, 4.69) is 28.0 Å². The van der Waals surface area contributed by atoms with Gasteiger partial charge in [0, 0.05) is 51.0 Å². The van der Waals surface area contributed by atoms with Crippen molar-refractivity contribution < 1.29 is 14.3 Å². The van der Waals surface area contributed by atoms with Crippen molar-refractivity contribution in [3.05, 3.63) is 35.9 Å². The van der Waals surface area contributed by atoms with Crippen molar-refractivity contribution in [1.29, 1.82) is 0 Å². The Morgan fingerprint density at radius 1 is 1.23 bits per heavy atom. The van der Waals surface area contributed by atoms with Gasteiger partial charge >= 0.3 is 6.03 Å². The van der Waals surface area contributed by atoms with Gasteiger partial charge in [0.15, 0.2) is 0 Å². The molecule has 8 heteroatoms. The number of hydrogen-bond donors (Lipinski definition) is 3. The molecule has 162 valence electrons. The fraction of sp³-hybridized carbons (Fsp3) is 0.500. The van der Waals surface area contributed by atoms with Gasteiger partial charge in [0.2, 0.25) is 0 Å². The van der Waals surface area contributed by atoms with Crippen molar-refractivity contribution in [2.24, 2.45) is 18.9 Å². The maximum Gasteiger partial charge on any atom is 0.320 e. The number of methoxy groups -OCH3 is 1. The number of aryl methyl sites for hydroxylation is 1. The highest BCUT2D eigenvalue weighted by Crippen LogP contribution is 2.33. The van der Waals surface area contributed by atoms with Gasteiger partial charge in [0.05, 0.1) is 5.69 Å². The summed E-state index contributed by atoms with van der Waals surface area (Å²) in [6.07, 6.45) is 3.12. The van der Waals surface area contributed by atoms with Gasteiger partial charge in [-0.25, -0.2) is 4.79 Å². The lowest BCUT2D eigenvalue weighted by atomic mass is 10.0. The molecule has 1 unspecified atom stereocenters. The highest BCUT2D eigenvalue weighted by atomic mass is 16.5. The van der Waals surface area contributed by atoms with E-state index in [1.165, 1.54) is 0 Å². The molecule has 0 aliphatic heterocycles. The van der Waals surface area contributed by atoms with Crippen molar-refractivity contribution in [1.82, 2.24) is 20.4 Å². The molecule has 1 aromatic carbocycles. The standard InChI is InChI=1S/C22H31N5O3/c1-14-11-15(9-10-30-4)12-18(14)24-22(29)25-20-13-19(26-27(20)3)16-5-7-17(8-6-16)21(28)23-2/h5-8,13-15,18H,9-12H2,1-4H3,(H,23,28)(H2,24,25,29)/t14-,15?,18-/m1/s1. The number of benzene rings is 1. The van der Waals surface area contributed by atoms with E-state index in [0.29, 0.717) is 23.2 Å². The van der Waals surface area contributed by atoms with Crippen LogP contribution in [0.5, 0.6) is 0 Å². The summed E-state index contributed by atoms with van der Waals surface area (Å²) in [5, 5.41) is 13.1. The van der Waals surface area contributed by atoms with Gasteiger partial charge in [0.25, 0.3) is 5.91 Å². The second kappa shape index (κ2) is 9.75. The summed E-state index contributed by atoms with van der Waals surface area (Å²) in [4.78, 5) is 24.2. The molecule has 0 bridgehead atoms. The molecule has 8 nitrogen and oxygen atoms in total. The fourth-order valence-electron chi connectivity index (χ4n) is 4.08. The Labute approximate surface area is 177 Å². The normalized spacial score (nSPS) is 20.7. The monoisotopic (exact) mass is 413 g/mol. The molecule has 0 saturated heterocycles. The first-order valence-corrected chi connectivity index (χ1v) is 10.3. The molecule has 1 heterocycles. The van der Waals surface area contributed by atoms with Crippen molar-refractivity contribution in [3.8, 4) is 11.3 Å². The summed E-state index contributed by atoms with van der Waals surface area (Å²) in [5.41, 5.74) is 2.19. The summed E-state index contributed by atoms with van der Waals surface area (Å²) in [7, 11) is 5.11. The van der Waals surface area contributed by atoms with E-state index in [1.54, 1.807) is 38.0 Å². The zero-order chi connectivity index (χ0) is 21.7. The molecule has 1 aromatic heterocycles. The molecular weight excluding hydrogens is 382 g/mol. The van der Waals surface area contributed by atoms with Gasteiger partial charge in [-0.2, -0.15) is 5.10 Å². The van der Waals surface area contributed by atoms with E-state index in [-0.39, 0.29) is 18.0 Å². The highest BCUT2D eigenvalue weighted by molar-refractivity contribution is 5.94. The average Bonchev–Trinajstić information content (AvgIpc) is 3.28. The van der Waals surface area contributed by atoms with Crippen molar-refractivity contribution in [2.75, 3.05) is 26.1 Å². The Morgan fingerprint density at radius 2 is 1.97 bits per heavy atom. The number of nitrogens with one attached hydrogen (secondary N) is 3. The van der Waals surface area contributed by atoms with Crippen molar-refractivity contribution in [3.63, 3.8) is 0 Å². The fourth-order valence-corrected chi connectivity index (χ4v) is 4.08. The largest absolute Gasteiger partial charge is 0.385 e. The minimum absolute atomic E-state index is 0.132. The molecule has 1 aliphatic rings. The second-order valence-corrected chi connectivity index (χ2v) is 8.00. The first-order valence-electron chi connectivity index (χ1n) is 10.3. The summed E-state index contributed by atoms with van der Waals surface area (Å²) in [6, 6.07) is 8.97. The number of anilines is 1. The van der Waals surface area contributed by atoms with Gasteiger partial charge in [-0.1, -0.05) is 19.1 Å². The lowest BCUT2D eigenvalue weighted by molar-refractivity contribution is 0.0963. The number of carbonyl (C=O) groups excluding carboxylic acids is 2. The SMILES string of the molecule is CNC(=O)c1ccc(-c2cc(NC(=O)N[C@@H]3CC(CCOC)C[C@H]3C)n(C)n2)cc1. The Balaban J connectivity index is 1.60. The third-order valence-corrected chi connectivity index (χ3v) is 5.82. The molecule has 1 saturated carbocycles. The van der Waals surface area contributed by atoms with Crippen LogP contribution in [0.3, 0.4) is 0 Å². The van der Waals surface area contributed by atoms with Crippen LogP contribution in [0, 0.1) is 11.8 Å². The number of ether oxygens (including phenoxy) is 1. The third kappa shape index (κ3) is 5.18. The van der Waals surface area contributed by atoms with Crippen LogP contribution in [0.2, 0.25) is 0 Å². The zero-order valence-electron chi connectivity index (χ0n) is 18.1. The van der Waals surface area contributed by atoms with Crippen LogP contribution in [0.4, 0.5) is 10.6 Å². The van der Waals surface area contributed by atoms with Crippen LogP contribution >= 0.6 is 0 Å². The number of rotatable bonds is 7. The summed E-state index contributed by atoms with van der Waals surface area (Å²) in [5.74, 6) is 1.51. The predicted molar refractivity (Wildman–Crippen MR) is 116 cm³/mol. The minimum atomic E-state index is -0.219. The van der Waals surface area contributed by atoms with Gasteiger partial charge in [0.1, 0.15) is 5.82 Å². The molecule has 3 atom stereocenters. The Bertz CT molecular complexity index is 877. The van der Waals surface area contributed by atoms with Gasteiger partial charge < -0.3 is 15.4 Å². The van der Waals surface area contributed by atoms with Gasteiger partial charge in [-0.15, -0.1) is 0 Å². The van der Waals surface area contributed by atoms with E-state index < -0.39 is 0 Å². The predicted octanol–water partition coefficient (Wildman–Crippen LogP) is 3.02. The Kier molecular flexibility index (Phi) is 7.10. The lowest BCUT2D eigenvalue weighted by Crippen LogP contribution is -2.39. The van der Waals surface area contributed by atoms with E-state index in [1.807, 2.05) is 18.2 Å². The molecule has 3 amide bonds. The highest BCUT2D eigenvalue weighted by Gasteiger charge is 2.32. The van der Waals surface area contributed by atoms with E-state index >= 15 is 0 Å². The zero-order valence-corrected chi connectivity index (χ0v) is 18.1. The molecule has 1 fully saturated rings. The lowest BCUT2D eigenvalue weighted by Gasteiger charge is -2.17. The topological polar surface area (TPSA) is 97.3 Å². The van der Waals surface area contributed by atoms with Crippen molar-refractivity contribution in [2.45, 2.75) is 32.2 Å². The number of carbonyl (C=O) groups is 2. The van der Waals surface area contributed by atoms with E-state index in [9.17, 15) is 9.59 Å².